The molecule has 124 valence electrons. The number of rotatable bonds is 4. The maximum atomic E-state index is 12.8. The standard InChI is InChI=1S/C14H22BrN3O4/c1-9(15)12(19)18-11(13(20)17-6-4-5-7-17)10(8-22-3)16(2)14(18)21/h9-11H,4-8H2,1-3H3/t9?,10-,11-/m0/s1. The molecule has 2 rings (SSSR count). The van der Waals surface area contributed by atoms with E-state index in [1.54, 1.807) is 18.9 Å². The van der Waals surface area contributed by atoms with Crippen molar-refractivity contribution in [2.75, 3.05) is 33.9 Å². The average molecular weight is 376 g/mol. The van der Waals surface area contributed by atoms with Crippen LogP contribution < -0.4 is 0 Å². The molecule has 0 bridgehead atoms. The molecular weight excluding hydrogens is 354 g/mol. The van der Waals surface area contributed by atoms with Crippen LogP contribution in [0.4, 0.5) is 4.79 Å². The number of halogens is 1. The van der Waals surface area contributed by atoms with Crippen molar-refractivity contribution in [3.63, 3.8) is 0 Å². The summed E-state index contributed by atoms with van der Waals surface area (Å²) >= 11 is 3.20. The Balaban J connectivity index is 2.33. The fourth-order valence-electron chi connectivity index (χ4n) is 3.01. The molecule has 2 fully saturated rings. The molecule has 0 spiro atoms. The van der Waals surface area contributed by atoms with Crippen molar-refractivity contribution < 1.29 is 19.1 Å². The number of carbonyl (C=O) groups is 3. The predicted molar refractivity (Wildman–Crippen MR) is 83.7 cm³/mol. The Kier molecular flexibility index (Phi) is 5.44. The Morgan fingerprint density at radius 3 is 2.45 bits per heavy atom. The number of urea groups is 1. The zero-order chi connectivity index (χ0) is 16.4. The highest BCUT2D eigenvalue weighted by Crippen LogP contribution is 2.27. The van der Waals surface area contributed by atoms with E-state index in [1.807, 2.05) is 0 Å². The van der Waals surface area contributed by atoms with E-state index in [2.05, 4.69) is 15.9 Å². The summed E-state index contributed by atoms with van der Waals surface area (Å²) in [6.07, 6.45) is 1.92. The van der Waals surface area contributed by atoms with Crippen LogP contribution >= 0.6 is 15.9 Å². The van der Waals surface area contributed by atoms with Gasteiger partial charge >= 0.3 is 6.03 Å². The first-order valence-corrected chi connectivity index (χ1v) is 8.33. The van der Waals surface area contributed by atoms with Crippen LogP contribution in [0, 0.1) is 0 Å². The van der Waals surface area contributed by atoms with Crippen LogP contribution in [0.2, 0.25) is 0 Å². The highest BCUT2D eigenvalue weighted by Gasteiger charge is 2.52. The van der Waals surface area contributed by atoms with Gasteiger partial charge in [-0.2, -0.15) is 0 Å². The summed E-state index contributed by atoms with van der Waals surface area (Å²) in [6, 6.07) is -1.72. The number of methoxy groups -OCH3 is 1. The van der Waals surface area contributed by atoms with Gasteiger partial charge in [-0.15, -0.1) is 0 Å². The van der Waals surface area contributed by atoms with Gasteiger partial charge in [0.1, 0.15) is 6.04 Å². The van der Waals surface area contributed by atoms with Gasteiger partial charge in [0.25, 0.3) is 0 Å². The number of hydrogen-bond acceptors (Lipinski definition) is 4. The Morgan fingerprint density at radius 2 is 1.95 bits per heavy atom. The van der Waals surface area contributed by atoms with E-state index < -0.39 is 28.8 Å². The lowest BCUT2D eigenvalue weighted by Gasteiger charge is -2.29. The molecule has 2 aliphatic rings. The van der Waals surface area contributed by atoms with E-state index in [0.29, 0.717) is 13.1 Å². The van der Waals surface area contributed by atoms with Crippen LogP contribution in [0.3, 0.4) is 0 Å². The minimum Gasteiger partial charge on any atom is -0.382 e. The first-order chi connectivity index (χ1) is 10.4. The molecule has 0 aromatic heterocycles. The number of likely N-dealkylation sites (N-methyl/N-ethyl adjacent to an activating group) is 1. The fourth-order valence-corrected chi connectivity index (χ4v) is 3.23. The molecule has 0 N–H and O–H groups in total. The van der Waals surface area contributed by atoms with Crippen LogP contribution in [0.15, 0.2) is 0 Å². The molecular formula is C14H22BrN3O4. The number of nitrogens with zero attached hydrogens (tertiary/aromatic N) is 3. The van der Waals surface area contributed by atoms with Crippen molar-refractivity contribution >= 4 is 33.8 Å². The summed E-state index contributed by atoms with van der Waals surface area (Å²) < 4.78 is 5.16. The van der Waals surface area contributed by atoms with E-state index >= 15 is 0 Å². The smallest absolute Gasteiger partial charge is 0.327 e. The topological polar surface area (TPSA) is 70.2 Å². The molecule has 0 aromatic carbocycles. The Hall–Kier alpha value is -1.15. The van der Waals surface area contributed by atoms with E-state index in [0.717, 1.165) is 17.7 Å². The second-order valence-corrected chi connectivity index (χ2v) is 7.09. The molecule has 1 unspecified atom stereocenters. The molecule has 0 aliphatic carbocycles. The summed E-state index contributed by atoms with van der Waals surface area (Å²) in [7, 11) is 3.12. The molecule has 7 nitrogen and oxygen atoms in total. The van der Waals surface area contributed by atoms with Crippen molar-refractivity contribution in [1.82, 2.24) is 14.7 Å². The predicted octanol–water partition coefficient (Wildman–Crippen LogP) is 0.670. The number of likely N-dealkylation sites (tertiary alicyclic amines) is 1. The van der Waals surface area contributed by atoms with Crippen molar-refractivity contribution in [3.8, 4) is 0 Å². The second-order valence-electron chi connectivity index (χ2n) is 5.72. The summed E-state index contributed by atoms with van der Waals surface area (Å²) in [5.74, 6) is -0.563. The number of alkyl halides is 1. The third-order valence-corrected chi connectivity index (χ3v) is 4.63. The molecule has 8 heteroatoms. The van der Waals surface area contributed by atoms with Crippen molar-refractivity contribution in [1.29, 1.82) is 0 Å². The van der Waals surface area contributed by atoms with Gasteiger partial charge in [-0.25, -0.2) is 9.69 Å². The van der Waals surface area contributed by atoms with Crippen LogP contribution in [0.1, 0.15) is 19.8 Å². The second kappa shape index (κ2) is 6.95. The monoisotopic (exact) mass is 375 g/mol. The first kappa shape index (κ1) is 17.2. The molecule has 0 aromatic rings. The third-order valence-electron chi connectivity index (χ3n) is 4.23. The van der Waals surface area contributed by atoms with Gasteiger partial charge in [-0.05, 0) is 19.8 Å². The zero-order valence-electron chi connectivity index (χ0n) is 13.1. The van der Waals surface area contributed by atoms with Gasteiger partial charge in [-0.1, -0.05) is 15.9 Å². The summed E-state index contributed by atoms with van der Waals surface area (Å²) in [5, 5.41) is 0. The van der Waals surface area contributed by atoms with Crippen molar-refractivity contribution in [2.45, 2.75) is 36.7 Å². The Bertz CT molecular complexity index is 465. The van der Waals surface area contributed by atoms with E-state index in [1.165, 1.54) is 12.0 Å². The lowest BCUT2D eigenvalue weighted by molar-refractivity contribution is -0.141. The summed E-state index contributed by atoms with van der Waals surface area (Å²) in [5.41, 5.74) is 0. The number of hydrogen-bond donors (Lipinski definition) is 0. The van der Waals surface area contributed by atoms with Gasteiger partial charge in [0, 0.05) is 27.2 Å². The average Bonchev–Trinajstić information content (AvgIpc) is 3.09. The van der Waals surface area contributed by atoms with Gasteiger partial charge in [0.05, 0.1) is 17.5 Å². The van der Waals surface area contributed by atoms with Gasteiger partial charge < -0.3 is 14.5 Å². The van der Waals surface area contributed by atoms with Crippen LogP contribution in [0.25, 0.3) is 0 Å². The first-order valence-electron chi connectivity index (χ1n) is 7.41. The molecule has 0 radical (unpaired) electrons. The summed E-state index contributed by atoms with van der Waals surface area (Å²) in [6.45, 7) is 3.22. The minimum atomic E-state index is -0.817. The molecule has 2 saturated heterocycles. The summed E-state index contributed by atoms with van der Waals surface area (Å²) in [4.78, 5) is 41.4. The number of ether oxygens (including phenoxy) is 1. The molecule has 3 atom stereocenters. The highest BCUT2D eigenvalue weighted by molar-refractivity contribution is 9.10. The third kappa shape index (κ3) is 2.99. The largest absolute Gasteiger partial charge is 0.382 e. The van der Waals surface area contributed by atoms with Gasteiger partial charge in [-0.3, -0.25) is 9.59 Å². The van der Waals surface area contributed by atoms with Crippen LogP contribution in [0.5, 0.6) is 0 Å². The Morgan fingerprint density at radius 1 is 1.36 bits per heavy atom. The SMILES string of the molecule is COC[C@H]1[C@@H](C(=O)N2CCCC2)N(C(=O)C(C)Br)C(=O)N1C. The molecule has 4 amide bonds. The minimum absolute atomic E-state index is 0.168. The van der Waals surface area contributed by atoms with Crippen molar-refractivity contribution in [2.24, 2.45) is 0 Å². The molecule has 2 aliphatic heterocycles. The maximum absolute atomic E-state index is 12.8. The van der Waals surface area contributed by atoms with Gasteiger partial charge in [0.15, 0.2) is 0 Å². The van der Waals surface area contributed by atoms with Crippen LogP contribution in [-0.2, 0) is 14.3 Å². The van der Waals surface area contributed by atoms with Gasteiger partial charge in [0.2, 0.25) is 11.8 Å². The van der Waals surface area contributed by atoms with Crippen molar-refractivity contribution in [3.05, 3.63) is 0 Å². The number of carbonyl (C=O) groups excluding carboxylic acids is 3. The molecule has 0 saturated carbocycles. The lowest BCUT2D eigenvalue weighted by Crippen LogP contribution is -2.54. The number of amides is 4. The maximum Gasteiger partial charge on any atom is 0.327 e. The fraction of sp³-hybridized carbons (Fsp3) is 0.786. The number of imide groups is 1. The van der Waals surface area contributed by atoms with E-state index in [4.69, 9.17) is 4.74 Å². The zero-order valence-corrected chi connectivity index (χ0v) is 14.7. The molecule has 22 heavy (non-hydrogen) atoms. The molecule has 2 heterocycles. The Labute approximate surface area is 138 Å². The quantitative estimate of drug-likeness (QED) is 0.677. The van der Waals surface area contributed by atoms with E-state index in [-0.39, 0.29) is 12.5 Å². The van der Waals surface area contributed by atoms with Crippen LogP contribution in [-0.4, -0.2) is 83.3 Å². The highest BCUT2D eigenvalue weighted by atomic mass is 79.9. The van der Waals surface area contributed by atoms with E-state index in [9.17, 15) is 14.4 Å². The lowest BCUT2D eigenvalue weighted by atomic mass is 10.1. The normalized spacial score (nSPS) is 26.7.